The molecule has 0 aliphatic rings. The van der Waals surface area contributed by atoms with Crippen molar-refractivity contribution in [1.82, 2.24) is 0 Å². The van der Waals surface area contributed by atoms with Crippen molar-refractivity contribution in [2.24, 2.45) is 0 Å². The molecule has 0 N–H and O–H groups in total. The number of nitro benzene ring substituents is 1. The van der Waals surface area contributed by atoms with Gasteiger partial charge in [-0.1, -0.05) is 18.2 Å². The summed E-state index contributed by atoms with van der Waals surface area (Å²) in [6, 6.07) is 11.0. The second-order valence-electron chi connectivity index (χ2n) is 4.59. The summed E-state index contributed by atoms with van der Waals surface area (Å²) in [5.41, 5.74) is 1.08. The van der Waals surface area contributed by atoms with E-state index in [0.717, 1.165) is 17.4 Å². The lowest BCUT2D eigenvalue weighted by molar-refractivity contribution is -0.385. The molecule has 0 aliphatic carbocycles. The number of anilines is 1. The monoisotopic (exact) mass is 290 g/mol. The Labute approximate surface area is 121 Å². The Morgan fingerprint density at radius 1 is 1.29 bits per heavy atom. The molecule has 0 amide bonds. The van der Waals surface area contributed by atoms with E-state index in [4.69, 9.17) is 4.74 Å². The summed E-state index contributed by atoms with van der Waals surface area (Å²) < 4.78 is 18.7. The summed E-state index contributed by atoms with van der Waals surface area (Å²) in [4.78, 5) is 11.9. The molecule has 0 aliphatic heterocycles. The third kappa shape index (κ3) is 3.47. The fourth-order valence-corrected chi connectivity index (χ4v) is 2.07. The highest BCUT2D eigenvalue weighted by Crippen LogP contribution is 2.26. The average Bonchev–Trinajstić information content (AvgIpc) is 2.47. The first-order valence-electron chi connectivity index (χ1n) is 6.29. The van der Waals surface area contributed by atoms with E-state index < -0.39 is 10.7 Å². The van der Waals surface area contributed by atoms with Gasteiger partial charge in [-0.2, -0.15) is 0 Å². The van der Waals surface area contributed by atoms with Gasteiger partial charge in [-0.3, -0.25) is 10.1 Å². The van der Waals surface area contributed by atoms with Crippen LogP contribution in [0, 0.1) is 15.9 Å². The van der Waals surface area contributed by atoms with Gasteiger partial charge >= 0.3 is 0 Å². The zero-order valence-electron chi connectivity index (χ0n) is 11.7. The second-order valence-corrected chi connectivity index (χ2v) is 4.59. The van der Waals surface area contributed by atoms with E-state index in [1.807, 2.05) is 24.3 Å². The number of methoxy groups -OCH3 is 1. The average molecular weight is 290 g/mol. The van der Waals surface area contributed by atoms with Gasteiger partial charge in [-0.15, -0.1) is 0 Å². The third-order valence-electron chi connectivity index (χ3n) is 3.12. The van der Waals surface area contributed by atoms with Gasteiger partial charge in [0, 0.05) is 30.9 Å². The highest BCUT2D eigenvalue weighted by Gasteiger charge is 2.13. The summed E-state index contributed by atoms with van der Waals surface area (Å²) in [6.07, 6.45) is 0. The molecule has 2 rings (SSSR count). The van der Waals surface area contributed by atoms with E-state index in [1.54, 1.807) is 19.1 Å². The largest absolute Gasteiger partial charge is 0.496 e. The minimum Gasteiger partial charge on any atom is -0.496 e. The number of hydrogen-bond acceptors (Lipinski definition) is 4. The molecule has 0 bridgehead atoms. The topological polar surface area (TPSA) is 55.6 Å². The predicted octanol–water partition coefficient (Wildman–Crippen LogP) is 3.38. The Kier molecular flexibility index (Phi) is 4.37. The molecule has 0 fully saturated rings. The molecular weight excluding hydrogens is 275 g/mol. The summed E-state index contributed by atoms with van der Waals surface area (Å²) >= 11 is 0. The molecular formula is C15H15FN2O3. The lowest BCUT2D eigenvalue weighted by Gasteiger charge is -2.20. The lowest BCUT2D eigenvalue weighted by atomic mass is 10.1. The number of nitrogens with zero attached hydrogens (tertiary/aromatic N) is 2. The normalized spacial score (nSPS) is 10.2. The van der Waals surface area contributed by atoms with E-state index in [0.29, 0.717) is 12.2 Å². The second kappa shape index (κ2) is 6.21. The number of ether oxygens (including phenoxy) is 1. The molecule has 0 aromatic heterocycles. The van der Waals surface area contributed by atoms with Crippen molar-refractivity contribution in [2.75, 3.05) is 19.1 Å². The van der Waals surface area contributed by atoms with Gasteiger partial charge in [-0.05, 0) is 12.1 Å². The number of halogens is 1. The van der Waals surface area contributed by atoms with Gasteiger partial charge in [0.15, 0.2) is 0 Å². The Balaban J connectivity index is 2.28. The van der Waals surface area contributed by atoms with Crippen LogP contribution in [-0.4, -0.2) is 19.1 Å². The van der Waals surface area contributed by atoms with Gasteiger partial charge in [-0.25, -0.2) is 4.39 Å². The minimum absolute atomic E-state index is 0.267. The van der Waals surface area contributed by atoms with Crippen molar-refractivity contribution < 1.29 is 14.1 Å². The summed E-state index contributed by atoms with van der Waals surface area (Å²) in [5.74, 6) is 0.0846. The van der Waals surface area contributed by atoms with Crippen molar-refractivity contribution in [1.29, 1.82) is 0 Å². The molecule has 0 saturated carbocycles. The molecule has 0 atom stereocenters. The van der Waals surface area contributed by atoms with Crippen LogP contribution in [0.5, 0.6) is 5.75 Å². The Morgan fingerprint density at radius 3 is 2.67 bits per heavy atom. The summed E-state index contributed by atoms with van der Waals surface area (Å²) in [7, 11) is 3.32. The molecule has 0 radical (unpaired) electrons. The molecule has 6 heteroatoms. The standard InChI is InChI=1S/C15H15FN2O3/c1-17(10-11-5-3-4-6-15(11)21-2)13-7-12(16)8-14(9-13)18(19)20/h3-9H,10H2,1-2H3. The van der Waals surface area contributed by atoms with Crippen molar-refractivity contribution in [3.63, 3.8) is 0 Å². The number of rotatable bonds is 5. The van der Waals surface area contributed by atoms with Crippen LogP contribution in [0.2, 0.25) is 0 Å². The highest BCUT2D eigenvalue weighted by molar-refractivity contribution is 5.54. The SMILES string of the molecule is COc1ccccc1CN(C)c1cc(F)cc([N+](=O)[O-])c1. The number of hydrogen-bond donors (Lipinski definition) is 0. The first-order valence-corrected chi connectivity index (χ1v) is 6.29. The van der Waals surface area contributed by atoms with Crippen LogP contribution in [0.4, 0.5) is 15.8 Å². The Morgan fingerprint density at radius 2 is 2.00 bits per heavy atom. The van der Waals surface area contributed by atoms with Crippen LogP contribution in [0.1, 0.15) is 5.56 Å². The molecule has 0 heterocycles. The van der Waals surface area contributed by atoms with E-state index in [-0.39, 0.29) is 5.69 Å². The van der Waals surface area contributed by atoms with Gasteiger partial charge in [0.2, 0.25) is 0 Å². The molecule has 21 heavy (non-hydrogen) atoms. The molecule has 2 aromatic rings. The maximum Gasteiger partial charge on any atom is 0.274 e. The van der Waals surface area contributed by atoms with E-state index in [1.165, 1.54) is 12.1 Å². The maximum atomic E-state index is 13.5. The smallest absolute Gasteiger partial charge is 0.274 e. The van der Waals surface area contributed by atoms with Crippen molar-refractivity contribution in [3.05, 3.63) is 64.0 Å². The minimum atomic E-state index is -0.633. The predicted molar refractivity (Wildman–Crippen MR) is 78.2 cm³/mol. The fraction of sp³-hybridized carbons (Fsp3) is 0.200. The molecule has 0 unspecified atom stereocenters. The van der Waals surface area contributed by atoms with Crippen molar-refractivity contribution in [2.45, 2.75) is 6.54 Å². The zero-order chi connectivity index (χ0) is 15.4. The number of para-hydroxylation sites is 1. The van der Waals surface area contributed by atoms with Crippen LogP contribution in [0.15, 0.2) is 42.5 Å². The summed E-state index contributed by atoms with van der Waals surface area (Å²) in [6.45, 7) is 0.449. The van der Waals surface area contributed by atoms with Gasteiger partial charge in [0.1, 0.15) is 11.6 Å². The zero-order valence-corrected chi connectivity index (χ0v) is 11.7. The fourth-order valence-electron chi connectivity index (χ4n) is 2.07. The van der Waals surface area contributed by atoms with Gasteiger partial charge < -0.3 is 9.64 Å². The van der Waals surface area contributed by atoms with Crippen molar-refractivity contribution in [3.8, 4) is 5.75 Å². The lowest BCUT2D eigenvalue weighted by Crippen LogP contribution is -2.17. The van der Waals surface area contributed by atoms with Crippen LogP contribution < -0.4 is 9.64 Å². The number of non-ortho nitro benzene ring substituents is 1. The summed E-state index contributed by atoms with van der Waals surface area (Å²) in [5, 5.41) is 10.8. The van der Waals surface area contributed by atoms with Gasteiger partial charge in [0.25, 0.3) is 5.69 Å². The highest BCUT2D eigenvalue weighted by atomic mass is 19.1. The molecule has 0 spiro atoms. The van der Waals surface area contributed by atoms with Gasteiger partial charge in [0.05, 0.1) is 18.1 Å². The quantitative estimate of drug-likeness (QED) is 0.625. The molecule has 2 aromatic carbocycles. The van der Waals surface area contributed by atoms with E-state index >= 15 is 0 Å². The first kappa shape index (κ1) is 14.8. The molecule has 0 saturated heterocycles. The molecule has 5 nitrogen and oxygen atoms in total. The molecule has 110 valence electrons. The third-order valence-corrected chi connectivity index (χ3v) is 3.12. The maximum absolute atomic E-state index is 13.5. The van der Waals surface area contributed by atoms with Crippen LogP contribution in [-0.2, 0) is 6.54 Å². The van der Waals surface area contributed by atoms with Crippen molar-refractivity contribution >= 4 is 11.4 Å². The number of benzene rings is 2. The Bertz CT molecular complexity index is 661. The van der Waals surface area contributed by atoms with Crippen LogP contribution in [0.3, 0.4) is 0 Å². The van der Waals surface area contributed by atoms with Crippen LogP contribution >= 0.6 is 0 Å². The van der Waals surface area contributed by atoms with E-state index in [2.05, 4.69) is 0 Å². The Hall–Kier alpha value is -2.63. The number of nitro groups is 1. The first-order chi connectivity index (χ1) is 10.0. The van der Waals surface area contributed by atoms with Crippen LogP contribution in [0.25, 0.3) is 0 Å². The van der Waals surface area contributed by atoms with E-state index in [9.17, 15) is 14.5 Å².